The second kappa shape index (κ2) is 12.8. The monoisotopic (exact) mass is 582 g/mol. The van der Waals surface area contributed by atoms with Crippen molar-refractivity contribution in [1.29, 1.82) is 0 Å². The Balaban J connectivity index is 1.33. The van der Waals surface area contributed by atoms with Crippen LogP contribution >= 0.6 is 23.5 Å². The van der Waals surface area contributed by atoms with E-state index in [2.05, 4.69) is 24.4 Å². The van der Waals surface area contributed by atoms with Crippen molar-refractivity contribution in [2.75, 3.05) is 45.2 Å². The highest BCUT2D eigenvalue weighted by molar-refractivity contribution is 8.00. The van der Waals surface area contributed by atoms with E-state index in [0.29, 0.717) is 28.9 Å². The Bertz CT molecular complexity index is 1390. The number of nitrogens with zero attached hydrogens (tertiary/aromatic N) is 3. The van der Waals surface area contributed by atoms with Crippen molar-refractivity contribution in [2.45, 2.75) is 22.7 Å². The van der Waals surface area contributed by atoms with Gasteiger partial charge in [-0.3, -0.25) is 19.5 Å². The van der Waals surface area contributed by atoms with Crippen LogP contribution < -0.4 is 21.9 Å². The van der Waals surface area contributed by atoms with Crippen LogP contribution in [-0.4, -0.2) is 89.8 Å². The van der Waals surface area contributed by atoms with E-state index in [1.807, 2.05) is 48.5 Å². The number of quaternary nitrogens is 1. The molecule has 40 heavy (non-hydrogen) atoms. The zero-order valence-electron chi connectivity index (χ0n) is 22.5. The van der Waals surface area contributed by atoms with Crippen molar-refractivity contribution < 1.29 is 24.0 Å². The average molecular weight is 583 g/mol. The fourth-order valence-corrected chi connectivity index (χ4v) is 6.73. The molecule has 0 radical (unpaired) electrons. The molecule has 2 heterocycles. The molecule has 12 heteroatoms. The van der Waals surface area contributed by atoms with Crippen molar-refractivity contribution in [3.8, 4) is 0 Å². The maximum Gasteiger partial charge on any atom is 0.253 e. The van der Waals surface area contributed by atoms with Crippen LogP contribution in [0.4, 0.5) is 0 Å². The van der Waals surface area contributed by atoms with Crippen molar-refractivity contribution >= 4 is 58.0 Å². The summed E-state index contributed by atoms with van der Waals surface area (Å²) < 4.78 is 0.661. The van der Waals surface area contributed by atoms with Gasteiger partial charge in [0.25, 0.3) is 5.91 Å². The van der Waals surface area contributed by atoms with Crippen molar-refractivity contribution in [1.82, 2.24) is 10.2 Å². The minimum absolute atomic E-state index is 0.0716. The predicted molar refractivity (Wildman–Crippen MR) is 158 cm³/mol. The van der Waals surface area contributed by atoms with Gasteiger partial charge >= 0.3 is 0 Å². The van der Waals surface area contributed by atoms with Gasteiger partial charge in [-0.2, -0.15) is 0 Å². The van der Waals surface area contributed by atoms with E-state index in [9.17, 15) is 19.5 Å². The molecule has 10 nitrogen and oxygen atoms in total. The molecule has 0 spiro atoms. The van der Waals surface area contributed by atoms with E-state index >= 15 is 0 Å². The van der Waals surface area contributed by atoms with Gasteiger partial charge in [-0.1, -0.05) is 36.4 Å². The number of fused-ring (bicyclic) bond motifs is 2. The van der Waals surface area contributed by atoms with Gasteiger partial charge in [0.1, 0.15) is 11.4 Å². The highest BCUT2D eigenvalue weighted by Crippen LogP contribution is 2.40. The van der Waals surface area contributed by atoms with Crippen molar-refractivity contribution in [2.24, 2.45) is 16.5 Å². The molecule has 4 rings (SSSR count). The molecule has 0 saturated carbocycles. The number of likely N-dealkylation sites (N-methyl/N-ethyl adjacent to an activating group) is 1. The Hall–Kier alpha value is -3.48. The number of guanidine groups is 1. The van der Waals surface area contributed by atoms with E-state index in [1.165, 1.54) is 28.4 Å². The Morgan fingerprint density at radius 1 is 1.23 bits per heavy atom. The zero-order chi connectivity index (χ0) is 28.9. The molecule has 0 aliphatic carbocycles. The van der Waals surface area contributed by atoms with Gasteiger partial charge in [0.2, 0.25) is 5.91 Å². The van der Waals surface area contributed by atoms with Crippen LogP contribution in [0.25, 0.3) is 10.8 Å². The Kier molecular flexibility index (Phi) is 9.44. The van der Waals surface area contributed by atoms with Crippen LogP contribution in [0.5, 0.6) is 0 Å². The first-order valence-corrected chi connectivity index (χ1v) is 14.9. The van der Waals surface area contributed by atoms with E-state index in [1.54, 1.807) is 6.08 Å². The number of aliphatic imine (C=N–C) groups is 1. The van der Waals surface area contributed by atoms with E-state index < -0.39 is 23.3 Å². The van der Waals surface area contributed by atoms with Gasteiger partial charge in [0, 0.05) is 23.6 Å². The summed E-state index contributed by atoms with van der Waals surface area (Å²) in [6.45, 7) is 2.03. The molecule has 2 amide bonds. The quantitative estimate of drug-likeness (QED) is 0.0823. The first-order valence-electron chi connectivity index (χ1n) is 12.9. The van der Waals surface area contributed by atoms with E-state index in [0.717, 1.165) is 28.6 Å². The Morgan fingerprint density at radius 2 is 1.98 bits per heavy atom. The number of nitrogens with two attached hydrogens (primary N) is 2. The fourth-order valence-electron chi connectivity index (χ4n) is 4.66. The number of rotatable bonds is 12. The third-order valence-electron chi connectivity index (χ3n) is 6.73. The van der Waals surface area contributed by atoms with Crippen molar-refractivity contribution in [3.63, 3.8) is 0 Å². The molecule has 1 fully saturated rings. The lowest BCUT2D eigenvalue weighted by molar-refractivity contribution is -0.884. The first kappa shape index (κ1) is 29.5. The molecule has 0 unspecified atom stereocenters. The molecular formula is C28H34N6O4S2. The number of β-lactam (4-membered cyclic amide) rings is 1. The first-order chi connectivity index (χ1) is 19.1. The van der Waals surface area contributed by atoms with Gasteiger partial charge in [0.05, 0.1) is 44.6 Å². The number of hydrogen-bond donors (Lipinski definition) is 3. The Morgan fingerprint density at radius 3 is 2.70 bits per heavy atom. The third kappa shape index (κ3) is 7.18. The number of carbonyl (C=O) groups is 3. The number of aliphatic carboxylic acids is 1. The van der Waals surface area contributed by atoms with Crippen LogP contribution in [0.15, 0.2) is 75.8 Å². The minimum atomic E-state index is -1.40. The number of nitrogens with one attached hydrogen (secondary N) is 1. The summed E-state index contributed by atoms with van der Waals surface area (Å²) >= 11 is 2.82. The van der Waals surface area contributed by atoms with Gasteiger partial charge in [-0.25, -0.2) is 0 Å². The minimum Gasteiger partial charge on any atom is -0.543 e. The fraction of sp³-hybridized carbons (Fsp3) is 0.357. The molecule has 1 saturated heterocycles. The summed E-state index contributed by atoms with van der Waals surface area (Å²) in [7, 11) is 4.12. The molecule has 2 aromatic rings. The SMILES string of the molecule is C[N+](C)(C/C=C/C1=C(C(=O)[O-])N2C(=O)[C@@H](NC(=O)CSc3ccc4ccccc4c3)[C@H]2SC1)CCCN=C(N)N. The number of carboxylic acid groups (broad SMARTS) is 1. The number of benzene rings is 2. The lowest BCUT2D eigenvalue weighted by atomic mass is 10.0. The molecule has 2 atom stereocenters. The molecule has 2 aliphatic rings. The molecule has 0 aromatic heterocycles. The van der Waals surface area contributed by atoms with Crippen LogP contribution in [0, 0.1) is 0 Å². The summed E-state index contributed by atoms with van der Waals surface area (Å²) in [6, 6.07) is 13.2. The molecule has 212 valence electrons. The normalized spacial score (nSPS) is 18.9. The number of hydrogen-bond acceptors (Lipinski definition) is 7. The van der Waals surface area contributed by atoms with Gasteiger partial charge in [-0.15, -0.1) is 23.5 Å². The molecule has 5 N–H and O–H groups in total. The van der Waals surface area contributed by atoms with E-state index in [-0.39, 0.29) is 23.3 Å². The summed E-state index contributed by atoms with van der Waals surface area (Å²) in [5, 5.41) is 16.6. The maximum atomic E-state index is 13.0. The summed E-state index contributed by atoms with van der Waals surface area (Å²) in [6.07, 6.45) is 4.47. The molecule has 0 bridgehead atoms. The lowest BCUT2D eigenvalue weighted by Gasteiger charge is -2.50. The van der Waals surface area contributed by atoms with Gasteiger partial charge < -0.3 is 31.2 Å². The highest BCUT2D eigenvalue weighted by Gasteiger charge is 2.52. The number of allylic oxidation sites excluding steroid dienone is 1. The number of thioether (sulfide) groups is 2. The Labute approximate surface area is 242 Å². The molecule has 2 aromatic carbocycles. The number of carbonyl (C=O) groups excluding carboxylic acids is 3. The second-order valence-corrected chi connectivity index (χ2v) is 12.5. The van der Waals surface area contributed by atoms with Crippen LogP contribution in [0.1, 0.15) is 6.42 Å². The molecule has 2 aliphatic heterocycles. The topological polar surface area (TPSA) is 154 Å². The standard InChI is InChI=1S/C28H34N6O4S2/c1-34(2,14-6-12-31-28(29)30)13-5-9-20-16-40-26-23(25(36)33(26)24(20)27(37)38)32-22(35)17-39-21-11-10-18-7-3-4-8-19(18)15-21/h3-5,7-11,15,23,26H,6,12-14,16-17H2,1-2H3,(H5-,29,30,31,32,35,37,38)/b9-5+/t23-,26-/m1/s1. The van der Waals surface area contributed by atoms with Crippen molar-refractivity contribution in [3.05, 3.63) is 65.9 Å². The lowest BCUT2D eigenvalue weighted by Crippen LogP contribution is -2.71. The number of amides is 2. The summed E-state index contributed by atoms with van der Waals surface area (Å²) in [5.41, 5.74) is 11.1. The van der Waals surface area contributed by atoms with Gasteiger partial charge in [0.15, 0.2) is 5.96 Å². The van der Waals surface area contributed by atoms with Crippen LogP contribution in [0.3, 0.4) is 0 Å². The summed E-state index contributed by atoms with van der Waals surface area (Å²) in [4.78, 5) is 43.8. The number of carboxylic acids is 1. The highest BCUT2D eigenvalue weighted by atomic mass is 32.2. The average Bonchev–Trinajstić information content (AvgIpc) is 2.92. The molecular weight excluding hydrogens is 548 g/mol. The smallest absolute Gasteiger partial charge is 0.253 e. The van der Waals surface area contributed by atoms with Gasteiger partial charge in [-0.05, 0) is 34.6 Å². The predicted octanol–water partition coefficient (Wildman–Crippen LogP) is 0.632. The largest absolute Gasteiger partial charge is 0.543 e. The second-order valence-electron chi connectivity index (χ2n) is 10.3. The van der Waals surface area contributed by atoms with Crippen LogP contribution in [0.2, 0.25) is 0 Å². The maximum absolute atomic E-state index is 13.0. The summed E-state index contributed by atoms with van der Waals surface area (Å²) in [5.74, 6) is -1.51. The van der Waals surface area contributed by atoms with E-state index in [4.69, 9.17) is 11.5 Å². The third-order valence-corrected chi connectivity index (χ3v) is 9.03. The zero-order valence-corrected chi connectivity index (χ0v) is 24.2. The van der Waals surface area contributed by atoms with Crippen LogP contribution in [-0.2, 0) is 14.4 Å².